The van der Waals surface area contributed by atoms with Crippen molar-refractivity contribution in [2.45, 2.75) is 45.1 Å². The number of hydrogen-bond donors (Lipinski definition) is 1. The molecule has 0 radical (unpaired) electrons. The third kappa shape index (κ3) is 3.47. The molecule has 5 heteroatoms. The van der Waals surface area contributed by atoms with Crippen LogP contribution in [0.1, 0.15) is 37.1 Å². The number of piperidine rings is 1. The fourth-order valence-electron chi connectivity index (χ4n) is 2.73. The van der Waals surface area contributed by atoms with Gasteiger partial charge in [0, 0.05) is 18.0 Å². The van der Waals surface area contributed by atoms with Gasteiger partial charge in [-0.05, 0) is 56.5 Å². The fraction of sp³-hybridized carbons (Fsp3) is 0.500. The average molecular weight is 289 g/mol. The Morgan fingerprint density at radius 3 is 3.05 bits per heavy atom. The SMILES string of the molecule is Cc1cc(-c2noc(CCC3CCCCN3)n2)ccc1F. The van der Waals surface area contributed by atoms with E-state index in [0.717, 1.165) is 24.9 Å². The molecule has 1 aromatic heterocycles. The van der Waals surface area contributed by atoms with Gasteiger partial charge in [0.2, 0.25) is 11.7 Å². The lowest BCUT2D eigenvalue weighted by Gasteiger charge is -2.22. The maximum atomic E-state index is 13.3. The van der Waals surface area contributed by atoms with Crippen LogP contribution in [-0.4, -0.2) is 22.7 Å². The predicted octanol–water partition coefficient (Wildman–Crippen LogP) is 3.26. The zero-order valence-electron chi connectivity index (χ0n) is 12.2. The van der Waals surface area contributed by atoms with Crippen molar-refractivity contribution in [3.63, 3.8) is 0 Å². The van der Waals surface area contributed by atoms with Crippen LogP contribution < -0.4 is 5.32 Å². The van der Waals surface area contributed by atoms with E-state index < -0.39 is 0 Å². The Morgan fingerprint density at radius 2 is 2.29 bits per heavy atom. The second kappa shape index (κ2) is 6.35. The highest BCUT2D eigenvalue weighted by Gasteiger charge is 2.15. The van der Waals surface area contributed by atoms with E-state index in [1.54, 1.807) is 19.1 Å². The topological polar surface area (TPSA) is 51.0 Å². The van der Waals surface area contributed by atoms with Gasteiger partial charge >= 0.3 is 0 Å². The van der Waals surface area contributed by atoms with Gasteiger partial charge in [0.05, 0.1) is 0 Å². The Hall–Kier alpha value is -1.75. The Bertz CT molecular complexity index is 605. The highest BCUT2D eigenvalue weighted by molar-refractivity contribution is 5.55. The molecule has 3 rings (SSSR count). The van der Waals surface area contributed by atoms with Crippen LogP contribution in [0, 0.1) is 12.7 Å². The summed E-state index contributed by atoms with van der Waals surface area (Å²) < 4.78 is 18.6. The second-order valence-corrected chi connectivity index (χ2v) is 5.66. The summed E-state index contributed by atoms with van der Waals surface area (Å²) >= 11 is 0. The van der Waals surface area contributed by atoms with Crippen LogP contribution in [0.3, 0.4) is 0 Å². The molecule has 4 nitrogen and oxygen atoms in total. The Labute approximate surface area is 123 Å². The molecule has 21 heavy (non-hydrogen) atoms. The number of aromatic nitrogens is 2. The first kappa shape index (κ1) is 14.2. The summed E-state index contributed by atoms with van der Waals surface area (Å²) in [6.45, 7) is 2.84. The molecule has 2 heterocycles. The molecule has 1 unspecified atom stereocenters. The minimum absolute atomic E-state index is 0.217. The van der Waals surface area contributed by atoms with Crippen LogP contribution in [0.5, 0.6) is 0 Å². The number of rotatable bonds is 4. The van der Waals surface area contributed by atoms with Gasteiger partial charge in [-0.3, -0.25) is 0 Å². The second-order valence-electron chi connectivity index (χ2n) is 5.66. The van der Waals surface area contributed by atoms with Gasteiger partial charge in [0.25, 0.3) is 0 Å². The monoisotopic (exact) mass is 289 g/mol. The zero-order chi connectivity index (χ0) is 14.7. The largest absolute Gasteiger partial charge is 0.339 e. The number of halogens is 1. The Balaban J connectivity index is 1.63. The molecule has 0 saturated carbocycles. The third-order valence-corrected chi connectivity index (χ3v) is 4.00. The number of hydrogen-bond acceptors (Lipinski definition) is 4. The lowest BCUT2D eigenvalue weighted by atomic mass is 10.0. The Morgan fingerprint density at radius 1 is 1.38 bits per heavy atom. The van der Waals surface area contributed by atoms with Gasteiger partial charge in [-0.15, -0.1) is 0 Å². The van der Waals surface area contributed by atoms with Crippen molar-refractivity contribution in [2.75, 3.05) is 6.54 Å². The van der Waals surface area contributed by atoms with Crippen LogP contribution in [0.15, 0.2) is 22.7 Å². The van der Waals surface area contributed by atoms with Crippen LogP contribution >= 0.6 is 0 Å². The lowest BCUT2D eigenvalue weighted by Crippen LogP contribution is -2.34. The van der Waals surface area contributed by atoms with Gasteiger partial charge in [0.1, 0.15) is 5.82 Å². The summed E-state index contributed by atoms with van der Waals surface area (Å²) in [5.41, 5.74) is 1.38. The fourth-order valence-corrected chi connectivity index (χ4v) is 2.73. The minimum atomic E-state index is -0.217. The zero-order valence-corrected chi connectivity index (χ0v) is 12.2. The van der Waals surface area contributed by atoms with E-state index in [9.17, 15) is 4.39 Å². The molecule has 1 N–H and O–H groups in total. The van der Waals surface area contributed by atoms with Crippen LogP contribution in [0.25, 0.3) is 11.4 Å². The number of nitrogens with one attached hydrogen (secondary N) is 1. The maximum Gasteiger partial charge on any atom is 0.227 e. The molecular weight excluding hydrogens is 269 g/mol. The van der Waals surface area contributed by atoms with Gasteiger partial charge in [-0.2, -0.15) is 4.98 Å². The molecule has 2 aromatic rings. The smallest absolute Gasteiger partial charge is 0.227 e. The van der Waals surface area contributed by atoms with Gasteiger partial charge in [0.15, 0.2) is 0 Å². The predicted molar refractivity (Wildman–Crippen MR) is 78.4 cm³/mol. The third-order valence-electron chi connectivity index (χ3n) is 4.00. The first-order valence-corrected chi connectivity index (χ1v) is 7.55. The van der Waals surface area contributed by atoms with E-state index in [4.69, 9.17) is 4.52 Å². The average Bonchev–Trinajstić information content (AvgIpc) is 2.98. The van der Waals surface area contributed by atoms with Crippen LogP contribution in [0.2, 0.25) is 0 Å². The van der Waals surface area contributed by atoms with Crippen molar-refractivity contribution >= 4 is 0 Å². The summed E-state index contributed by atoms with van der Waals surface area (Å²) in [7, 11) is 0. The molecule has 1 aromatic carbocycles. The maximum absolute atomic E-state index is 13.3. The molecule has 1 saturated heterocycles. The highest BCUT2D eigenvalue weighted by Crippen LogP contribution is 2.20. The summed E-state index contributed by atoms with van der Waals surface area (Å²) in [6.07, 6.45) is 5.58. The van der Waals surface area contributed by atoms with E-state index in [1.165, 1.54) is 25.3 Å². The normalized spacial score (nSPS) is 18.9. The summed E-state index contributed by atoms with van der Waals surface area (Å²) in [6, 6.07) is 5.42. The van der Waals surface area contributed by atoms with E-state index >= 15 is 0 Å². The first-order valence-electron chi connectivity index (χ1n) is 7.55. The van der Waals surface area contributed by atoms with Crippen LogP contribution in [0.4, 0.5) is 4.39 Å². The van der Waals surface area contributed by atoms with Gasteiger partial charge in [-0.25, -0.2) is 4.39 Å². The molecule has 0 amide bonds. The van der Waals surface area contributed by atoms with Gasteiger partial charge < -0.3 is 9.84 Å². The van der Waals surface area contributed by atoms with Crippen molar-refractivity contribution in [3.8, 4) is 11.4 Å². The van der Waals surface area contributed by atoms with Crippen molar-refractivity contribution in [1.82, 2.24) is 15.5 Å². The molecule has 1 atom stereocenters. The highest BCUT2D eigenvalue weighted by atomic mass is 19.1. The molecule has 112 valence electrons. The van der Waals surface area contributed by atoms with Gasteiger partial charge in [-0.1, -0.05) is 11.6 Å². The molecule has 0 spiro atoms. The molecule has 1 aliphatic heterocycles. The molecule has 1 aliphatic rings. The van der Waals surface area contributed by atoms with Crippen LogP contribution in [-0.2, 0) is 6.42 Å². The lowest BCUT2D eigenvalue weighted by molar-refractivity contribution is 0.342. The summed E-state index contributed by atoms with van der Waals surface area (Å²) in [5.74, 6) is 0.967. The minimum Gasteiger partial charge on any atom is -0.339 e. The molecule has 0 aliphatic carbocycles. The number of benzene rings is 1. The number of nitrogens with zero attached hydrogens (tertiary/aromatic N) is 2. The van der Waals surface area contributed by atoms with Crippen molar-refractivity contribution in [3.05, 3.63) is 35.5 Å². The van der Waals surface area contributed by atoms with E-state index in [2.05, 4.69) is 15.5 Å². The first-order chi connectivity index (χ1) is 10.2. The van der Waals surface area contributed by atoms with Crippen molar-refractivity contribution in [1.29, 1.82) is 0 Å². The Kier molecular flexibility index (Phi) is 4.29. The standard InChI is InChI=1S/C16H20FN3O/c1-11-10-12(5-7-14(11)17)16-19-15(21-20-16)8-6-13-4-2-3-9-18-13/h5,7,10,13,18H,2-4,6,8-9H2,1H3. The molecule has 0 bridgehead atoms. The molecular formula is C16H20FN3O. The van der Waals surface area contributed by atoms with Crippen molar-refractivity contribution in [2.24, 2.45) is 0 Å². The van der Waals surface area contributed by atoms with Crippen molar-refractivity contribution < 1.29 is 8.91 Å². The molecule has 1 fully saturated rings. The van der Waals surface area contributed by atoms with E-state index in [1.807, 2.05) is 0 Å². The van der Waals surface area contributed by atoms with E-state index in [0.29, 0.717) is 23.3 Å². The van der Waals surface area contributed by atoms with E-state index in [-0.39, 0.29) is 5.82 Å². The summed E-state index contributed by atoms with van der Waals surface area (Å²) in [5, 5.41) is 7.50. The quantitative estimate of drug-likeness (QED) is 0.938. The summed E-state index contributed by atoms with van der Waals surface area (Å²) in [4.78, 5) is 4.41. The number of aryl methyl sites for hydroxylation is 2.